The Balaban J connectivity index is 1.28. The van der Waals surface area contributed by atoms with E-state index in [1.54, 1.807) is 38.3 Å². The molecule has 32 heavy (non-hydrogen) atoms. The fourth-order valence-electron chi connectivity index (χ4n) is 4.69. The number of rotatable bonds is 7. The summed E-state index contributed by atoms with van der Waals surface area (Å²) in [7, 11) is 1.59. The molecule has 0 bridgehead atoms. The predicted octanol–water partition coefficient (Wildman–Crippen LogP) is 4.33. The van der Waals surface area contributed by atoms with Gasteiger partial charge in [-0.25, -0.2) is 4.79 Å². The van der Waals surface area contributed by atoms with Gasteiger partial charge in [-0.2, -0.15) is 0 Å². The third kappa shape index (κ3) is 5.44. The molecule has 2 saturated carbocycles. The van der Waals surface area contributed by atoms with Gasteiger partial charge in [-0.05, 0) is 69.7 Å². The van der Waals surface area contributed by atoms with Crippen LogP contribution in [0.1, 0.15) is 58.3 Å². The summed E-state index contributed by atoms with van der Waals surface area (Å²) < 4.78 is 28.3. The van der Waals surface area contributed by atoms with Gasteiger partial charge < -0.3 is 23.7 Å². The molecule has 174 valence electrons. The fraction of sp³-hybridized carbons (Fsp3) is 0.600. The number of hydrogen-bond donors (Lipinski definition) is 0. The first kappa shape index (κ1) is 22.6. The minimum atomic E-state index is -0.623. The van der Waals surface area contributed by atoms with Crippen molar-refractivity contribution in [2.45, 2.75) is 82.7 Å². The summed E-state index contributed by atoms with van der Waals surface area (Å²) >= 11 is 0. The zero-order chi connectivity index (χ0) is 22.5. The Kier molecular flexibility index (Phi) is 7.35. The van der Waals surface area contributed by atoms with E-state index in [1.165, 1.54) is 12.7 Å². The topological polar surface area (TPSA) is 80.3 Å². The summed E-state index contributed by atoms with van der Waals surface area (Å²) in [5.41, 5.74) is 0. The van der Waals surface area contributed by atoms with Gasteiger partial charge in [-0.1, -0.05) is 6.42 Å². The summed E-state index contributed by atoms with van der Waals surface area (Å²) in [6, 6.07) is 7.04. The summed E-state index contributed by atoms with van der Waals surface area (Å²) in [6.45, 7) is 1.74. The highest BCUT2D eigenvalue weighted by molar-refractivity contribution is 5.96. The molecule has 0 spiro atoms. The largest absolute Gasteiger partial charge is 0.497 e. The van der Waals surface area contributed by atoms with E-state index in [0.717, 1.165) is 25.7 Å². The molecule has 0 aromatic heterocycles. The van der Waals surface area contributed by atoms with Crippen molar-refractivity contribution in [3.8, 4) is 11.5 Å². The Morgan fingerprint density at radius 1 is 1.00 bits per heavy atom. The highest BCUT2D eigenvalue weighted by Gasteiger charge is 2.42. The lowest BCUT2D eigenvalue weighted by atomic mass is 9.80. The van der Waals surface area contributed by atoms with Crippen LogP contribution in [0.4, 0.5) is 0 Å². The number of hydrogen-bond acceptors (Lipinski definition) is 7. The SMILES string of the molecule is COc1ccc(OC2=COC3CC(OC(C)C(=O)OC4CCCCC4)CCC3C2=O)cc1. The van der Waals surface area contributed by atoms with Gasteiger partial charge in [-0.15, -0.1) is 0 Å². The fourth-order valence-corrected chi connectivity index (χ4v) is 4.69. The number of carbonyl (C=O) groups is 2. The van der Waals surface area contributed by atoms with Crippen LogP contribution in [0.5, 0.6) is 11.5 Å². The summed E-state index contributed by atoms with van der Waals surface area (Å²) in [5.74, 6) is 0.857. The standard InChI is InChI=1S/C25H32O7/c1-16(25(27)32-18-6-4-3-5-7-18)30-20-12-13-21-22(14-20)29-15-23(24(21)26)31-19-10-8-17(28-2)9-11-19/h8-11,15-16,18,20-22H,3-7,12-14H2,1-2H3. The molecule has 1 aromatic rings. The molecule has 7 heteroatoms. The van der Waals surface area contributed by atoms with Crippen molar-refractivity contribution in [2.24, 2.45) is 5.92 Å². The van der Waals surface area contributed by atoms with E-state index in [4.69, 9.17) is 23.7 Å². The van der Waals surface area contributed by atoms with E-state index in [-0.39, 0.29) is 41.7 Å². The van der Waals surface area contributed by atoms with Gasteiger partial charge >= 0.3 is 5.97 Å². The van der Waals surface area contributed by atoms with E-state index in [2.05, 4.69) is 0 Å². The lowest BCUT2D eigenvalue weighted by Crippen LogP contribution is -2.44. The van der Waals surface area contributed by atoms with Gasteiger partial charge in [0.25, 0.3) is 0 Å². The number of esters is 1. The first-order chi connectivity index (χ1) is 15.5. The molecule has 0 N–H and O–H groups in total. The first-order valence-corrected chi connectivity index (χ1v) is 11.6. The monoisotopic (exact) mass is 444 g/mol. The molecule has 0 amide bonds. The first-order valence-electron chi connectivity index (χ1n) is 11.6. The van der Waals surface area contributed by atoms with Gasteiger partial charge in [-0.3, -0.25) is 4.79 Å². The van der Waals surface area contributed by atoms with E-state index >= 15 is 0 Å². The summed E-state index contributed by atoms with van der Waals surface area (Å²) in [4.78, 5) is 25.3. The molecule has 1 heterocycles. The molecule has 0 radical (unpaired) electrons. The number of fused-ring (bicyclic) bond motifs is 1. The van der Waals surface area contributed by atoms with Crippen molar-refractivity contribution < 1.29 is 33.3 Å². The minimum absolute atomic E-state index is 0.0200. The molecule has 2 fully saturated rings. The number of methoxy groups -OCH3 is 1. The van der Waals surface area contributed by atoms with Crippen LogP contribution in [0.2, 0.25) is 0 Å². The second-order valence-corrected chi connectivity index (χ2v) is 8.82. The van der Waals surface area contributed by atoms with Gasteiger partial charge in [0.05, 0.1) is 19.1 Å². The molecule has 2 aliphatic carbocycles. The average Bonchev–Trinajstić information content (AvgIpc) is 2.82. The number of ketones is 1. The van der Waals surface area contributed by atoms with Crippen molar-refractivity contribution in [3.63, 3.8) is 0 Å². The molecular weight excluding hydrogens is 412 g/mol. The van der Waals surface area contributed by atoms with Crippen LogP contribution in [0, 0.1) is 5.92 Å². The number of benzene rings is 1. The van der Waals surface area contributed by atoms with Gasteiger partial charge in [0, 0.05) is 6.42 Å². The zero-order valence-electron chi connectivity index (χ0n) is 18.8. The molecule has 4 unspecified atom stereocenters. The van der Waals surface area contributed by atoms with Crippen LogP contribution in [-0.4, -0.2) is 43.3 Å². The van der Waals surface area contributed by atoms with Crippen LogP contribution < -0.4 is 9.47 Å². The molecule has 1 aromatic carbocycles. The maximum atomic E-state index is 12.9. The lowest BCUT2D eigenvalue weighted by Gasteiger charge is -2.37. The van der Waals surface area contributed by atoms with Crippen molar-refractivity contribution in [1.29, 1.82) is 0 Å². The van der Waals surface area contributed by atoms with Crippen molar-refractivity contribution in [1.82, 2.24) is 0 Å². The second-order valence-electron chi connectivity index (χ2n) is 8.82. The Bertz CT molecular complexity index is 825. The van der Waals surface area contributed by atoms with Crippen molar-refractivity contribution >= 4 is 11.8 Å². The van der Waals surface area contributed by atoms with E-state index in [9.17, 15) is 9.59 Å². The summed E-state index contributed by atoms with van der Waals surface area (Å²) in [5, 5.41) is 0. The Hall–Kier alpha value is -2.54. The van der Waals surface area contributed by atoms with Gasteiger partial charge in [0.2, 0.25) is 11.5 Å². The normalized spacial score (nSPS) is 26.9. The quantitative estimate of drug-likeness (QED) is 0.579. The highest BCUT2D eigenvalue weighted by atomic mass is 16.6. The Labute approximate surface area is 189 Å². The molecule has 0 saturated heterocycles. The van der Waals surface area contributed by atoms with Crippen LogP contribution in [0.3, 0.4) is 0 Å². The number of Topliss-reactive ketones (excluding diaryl/α,β-unsaturated/α-hetero) is 1. The molecule has 3 aliphatic rings. The van der Waals surface area contributed by atoms with Crippen molar-refractivity contribution in [3.05, 3.63) is 36.3 Å². The molecule has 1 aliphatic heterocycles. The van der Waals surface area contributed by atoms with Gasteiger partial charge in [0.1, 0.15) is 30.0 Å². The molecular formula is C25H32O7. The second kappa shape index (κ2) is 10.4. The lowest BCUT2D eigenvalue weighted by molar-refractivity contribution is -0.170. The van der Waals surface area contributed by atoms with Crippen molar-refractivity contribution in [2.75, 3.05) is 7.11 Å². The Morgan fingerprint density at radius 3 is 2.44 bits per heavy atom. The molecule has 4 rings (SSSR count). The number of carbonyl (C=O) groups excluding carboxylic acids is 2. The molecule has 7 nitrogen and oxygen atoms in total. The predicted molar refractivity (Wildman–Crippen MR) is 116 cm³/mol. The van der Waals surface area contributed by atoms with Gasteiger partial charge in [0.15, 0.2) is 6.10 Å². The summed E-state index contributed by atoms with van der Waals surface area (Å²) in [6.07, 6.45) is 7.57. The third-order valence-corrected chi connectivity index (χ3v) is 6.52. The number of allylic oxidation sites excluding steroid dienone is 1. The van der Waals surface area contributed by atoms with Crippen LogP contribution in [0.15, 0.2) is 36.3 Å². The van der Waals surface area contributed by atoms with E-state index < -0.39 is 6.10 Å². The Morgan fingerprint density at radius 2 is 1.72 bits per heavy atom. The maximum Gasteiger partial charge on any atom is 0.335 e. The van der Waals surface area contributed by atoms with Crippen LogP contribution in [0.25, 0.3) is 0 Å². The minimum Gasteiger partial charge on any atom is -0.497 e. The highest BCUT2D eigenvalue weighted by Crippen LogP contribution is 2.35. The third-order valence-electron chi connectivity index (χ3n) is 6.52. The number of ether oxygens (including phenoxy) is 5. The van der Waals surface area contributed by atoms with Crippen LogP contribution >= 0.6 is 0 Å². The zero-order valence-corrected chi connectivity index (χ0v) is 18.8. The average molecular weight is 445 g/mol. The van der Waals surface area contributed by atoms with E-state index in [0.29, 0.717) is 30.8 Å². The smallest absolute Gasteiger partial charge is 0.335 e. The van der Waals surface area contributed by atoms with Crippen LogP contribution in [-0.2, 0) is 23.8 Å². The maximum absolute atomic E-state index is 12.9. The van der Waals surface area contributed by atoms with E-state index in [1.807, 2.05) is 0 Å². The molecule has 4 atom stereocenters.